The topological polar surface area (TPSA) is 52.0 Å². The van der Waals surface area contributed by atoms with Crippen LogP contribution in [0.25, 0.3) is 11.3 Å². The van der Waals surface area contributed by atoms with Gasteiger partial charge >= 0.3 is 0 Å². The molecule has 84 valence electrons. The SMILES string of the molecule is NCCc1cc(-c2ccc(Br)cc2Cl)no1. The van der Waals surface area contributed by atoms with Crippen LogP contribution in [-0.2, 0) is 6.42 Å². The number of nitrogens with zero attached hydrogens (tertiary/aromatic N) is 1. The third-order valence-corrected chi connectivity index (χ3v) is 2.96. The third kappa shape index (κ3) is 2.45. The largest absolute Gasteiger partial charge is 0.361 e. The van der Waals surface area contributed by atoms with Crippen LogP contribution in [0.5, 0.6) is 0 Å². The molecule has 0 spiro atoms. The Balaban J connectivity index is 2.35. The highest BCUT2D eigenvalue weighted by Gasteiger charge is 2.09. The molecule has 0 saturated heterocycles. The Kier molecular flexibility index (Phi) is 3.63. The zero-order valence-electron chi connectivity index (χ0n) is 8.41. The van der Waals surface area contributed by atoms with Gasteiger partial charge < -0.3 is 10.3 Å². The van der Waals surface area contributed by atoms with Crippen molar-refractivity contribution in [3.63, 3.8) is 0 Å². The first-order valence-corrected chi connectivity index (χ1v) is 5.99. The molecule has 1 aromatic carbocycles. The van der Waals surface area contributed by atoms with E-state index in [1.807, 2.05) is 24.3 Å². The second-order valence-electron chi connectivity index (χ2n) is 3.34. The van der Waals surface area contributed by atoms with Gasteiger partial charge in [-0.05, 0) is 18.7 Å². The predicted molar refractivity (Wildman–Crippen MR) is 67.4 cm³/mol. The smallest absolute Gasteiger partial charge is 0.138 e. The Morgan fingerprint density at radius 1 is 1.38 bits per heavy atom. The summed E-state index contributed by atoms with van der Waals surface area (Å²) in [4.78, 5) is 0. The maximum Gasteiger partial charge on any atom is 0.138 e. The molecular weight excluding hydrogens is 291 g/mol. The zero-order chi connectivity index (χ0) is 11.5. The molecular formula is C11H10BrClN2O. The van der Waals surface area contributed by atoms with E-state index in [1.54, 1.807) is 0 Å². The Bertz CT molecular complexity index is 498. The lowest BCUT2D eigenvalue weighted by Gasteiger charge is -1.99. The van der Waals surface area contributed by atoms with Crippen molar-refractivity contribution in [1.29, 1.82) is 0 Å². The van der Waals surface area contributed by atoms with Crippen LogP contribution < -0.4 is 5.73 Å². The quantitative estimate of drug-likeness (QED) is 0.946. The van der Waals surface area contributed by atoms with Crippen LogP contribution in [0.1, 0.15) is 5.76 Å². The lowest BCUT2D eigenvalue weighted by atomic mass is 10.1. The number of hydrogen-bond acceptors (Lipinski definition) is 3. The summed E-state index contributed by atoms with van der Waals surface area (Å²) in [5, 5.41) is 4.61. The molecule has 1 heterocycles. The van der Waals surface area contributed by atoms with Crippen molar-refractivity contribution in [2.45, 2.75) is 6.42 Å². The van der Waals surface area contributed by atoms with E-state index >= 15 is 0 Å². The summed E-state index contributed by atoms with van der Waals surface area (Å²) >= 11 is 9.47. The van der Waals surface area contributed by atoms with Gasteiger partial charge in [-0.15, -0.1) is 0 Å². The van der Waals surface area contributed by atoms with Crippen LogP contribution in [0.15, 0.2) is 33.3 Å². The Morgan fingerprint density at radius 2 is 2.19 bits per heavy atom. The Morgan fingerprint density at radius 3 is 2.88 bits per heavy atom. The molecule has 1 aromatic heterocycles. The predicted octanol–water partition coefficient (Wildman–Crippen LogP) is 3.26. The van der Waals surface area contributed by atoms with Crippen LogP contribution in [-0.4, -0.2) is 11.7 Å². The van der Waals surface area contributed by atoms with Gasteiger partial charge in [-0.25, -0.2) is 0 Å². The molecule has 0 atom stereocenters. The van der Waals surface area contributed by atoms with Gasteiger partial charge in [0.15, 0.2) is 0 Å². The minimum Gasteiger partial charge on any atom is -0.361 e. The van der Waals surface area contributed by atoms with E-state index < -0.39 is 0 Å². The molecule has 0 fully saturated rings. The lowest BCUT2D eigenvalue weighted by molar-refractivity contribution is 0.386. The molecule has 0 aliphatic carbocycles. The average molecular weight is 302 g/mol. The van der Waals surface area contributed by atoms with Gasteiger partial charge in [-0.3, -0.25) is 0 Å². The van der Waals surface area contributed by atoms with Crippen molar-refractivity contribution in [3.8, 4) is 11.3 Å². The van der Waals surface area contributed by atoms with E-state index in [0.717, 1.165) is 21.5 Å². The van der Waals surface area contributed by atoms with Crippen molar-refractivity contribution < 1.29 is 4.52 Å². The van der Waals surface area contributed by atoms with Crippen molar-refractivity contribution in [1.82, 2.24) is 5.16 Å². The monoisotopic (exact) mass is 300 g/mol. The molecule has 16 heavy (non-hydrogen) atoms. The first-order chi connectivity index (χ1) is 7.70. The average Bonchev–Trinajstić information content (AvgIpc) is 2.67. The highest BCUT2D eigenvalue weighted by Crippen LogP contribution is 2.29. The molecule has 3 nitrogen and oxygen atoms in total. The minimum atomic E-state index is 0.544. The summed E-state index contributed by atoms with van der Waals surface area (Å²) in [6.45, 7) is 0.544. The van der Waals surface area contributed by atoms with Crippen LogP contribution in [0.3, 0.4) is 0 Å². The van der Waals surface area contributed by atoms with E-state index in [1.165, 1.54) is 0 Å². The third-order valence-electron chi connectivity index (χ3n) is 2.16. The van der Waals surface area contributed by atoms with Crippen LogP contribution in [0, 0.1) is 0 Å². The molecule has 2 rings (SSSR count). The second kappa shape index (κ2) is 4.99. The molecule has 0 bridgehead atoms. The van der Waals surface area contributed by atoms with Crippen LogP contribution in [0.2, 0.25) is 5.02 Å². The first-order valence-electron chi connectivity index (χ1n) is 4.82. The van der Waals surface area contributed by atoms with Gasteiger partial charge in [0.25, 0.3) is 0 Å². The summed E-state index contributed by atoms with van der Waals surface area (Å²) in [7, 11) is 0. The van der Waals surface area contributed by atoms with E-state index in [-0.39, 0.29) is 0 Å². The summed E-state index contributed by atoms with van der Waals surface area (Å²) in [6, 6.07) is 7.51. The molecule has 0 saturated carbocycles. The van der Waals surface area contributed by atoms with Gasteiger partial charge in [-0.1, -0.05) is 38.8 Å². The van der Waals surface area contributed by atoms with Crippen LogP contribution >= 0.6 is 27.5 Å². The fourth-order valence-corrected chi connectivity index (χ4v) is 2.17. The van der Waals surface area contributed by atoms with Crippen LogP contribution in [0.4, 0.5) is 0 Å². The lowest BCUT2D eigenvalue weighted by Crippen LogP contribution is -2.01. The number of nitrogens with two attached hydrogens (primary N) is 1. The van der Waals surface area contributed by atoms with Crippen molar-refractivity contribution in [3.05, 3.63) is 39.5 Å². The highest BCUT2D eigenvalue weighted by molar-refractivity contribution is 9.10. The van der Waals surface area contributed by atoms with Gasteiger partial charge in [0.05, 0.1) is 5.02 Å². The number of rotatable bonds is 3. The highest BCUT2D eigenvalue weighted by atomic mass is 79.9. The maximum atomic E-state index is 6.11. The molecule has 2 aromatic rings. The van der Waals surface area contributed by atoms with Gasteiger partial charge in [-0.2, -0.15) is 0 Å². The number of hydrogen-bond donors (Lipinski definition) is 1. The number of aromatic nitrogens is 1. The normalized spacial score (nSPS) is 10.7. The Hall–Kier alpha value is -0.840. The van der Waals surface area contributed by atoms with E-state index in [0.29, 0.717) is 18.0 Å². The van der Waals surface area contributed by atoms with E-state index in [9.17, 15) is 0 Å². The fraction of sp³-hybridized carbons (Fsp3) is 0.182. The number of benzene rings is 1. The second-order valence-corrected chi connectivity index (χ2v) is 4.66. The molecule has 0 aliphatic heterocycles. The molecule has 0 unspecified atom stereocenters. The van der Waals surface area contributed by atoms with E-state index in [4.69, 9.17) is 21.9 Å². The molecule has 5 heteroatoms. The fourth-order valence-electron chi connectivity index (χ4n) is 1.40. The molecule has 2 N–H and O–H groups in total. The number of halogens is 2. The summed E-state index contributed by atoms with van der Waals surface area (Å²) < 4.78 is 6.08. The first kappa shape index (κ1) is 11.6. The summed E-state index contributed by atoms with van der Waals surface area (Å²) in [5.41, 5.74) is 7.03. The molecule has 0 radical (unpaired) electrons. The van der Waals surface area contributed by atoms with Crippen molar-refractivity contribution >= 4 is 27.5 Å². The van der Waals surface area contributed by atoms with E-state index in [2.05, 4.69) is 21.1 Å². The summed E-state index contributed by atoms with van der Waals surface area (Å²) in [6.07, 6.45) is 0.682. The van der Waals surface area contributed by atoms with Gasteiger partial charge in [0.1, 0.15) is 11.5 Å². The van der Waals surface area contributed by atoms with Crippen molar-refractivity contribution in [2.75, 3.05) is 6.54 Å². The molecule has 0 amide bonds. The minimum absolute atomic E-state index is 0.544. The zero-order valence-corrected chi connectivity index (χ0v) is 10.8. The summed E-state index contributed by atoms with van der Waals surface area (Å²) in [5.74, 6) is 0.775. The van der Waals surface area contributed by atoms with Gasteiger partial charge in [0.2, 0.25) is 0 Å². The Labute approximate surface area is 107 Å². The van der Waals surface area contributed by atoms with Gasteiger partial charge in [0, 0.05) is 22.5 Å². The van der Waals surface area contributed by atoms with Crippen molar-refractivity contribution in [2.24, 2.45) is 5.73 Å². The molecule has 0 aliphatic rings. The maximum absolute atomic E-state index is 6.11. The standard InChI is InChI=1S/C11H10BrClN2O/c12-7-1-2-9(10(13)5-7)11-6-8(3-4-14)16-15-11/h1-2,5-6H,3-4,14H2.